The second-order valence-electron chi connectivity index (χ2n) is 6.03. The lowest BCUT2D eigenvalue weighted by molar-refractivity contribution is -0.132. The van der Waals surface area contributed by atoms with E-state index in [1.54, 1.807) is 4.90 Å². The second kappa shape index (κ2) is 5.07. The minimum atomic E-state index is -0.342. The third-order valence-corrected chi connectivity index (χ3v) is 4.50. The molecule has 6 heteroatoms. The van der Waals surface area contributed by atoms with Gasteiger partial charge >= 0.3 is 6.03 Å². The van der Waals surface area contributed by atoms with Crippen LogP contribution in [0, 0.1) is 5.92 Å². The Morgan fingerprint density at radius 2 is 2.05 bits per heavy atom. The number of nitrogens with one attached hydrogen (secondary N) is 1. The summed E-state index contributed by atoms with van der Waals surface area (Å²) in [6, 6.07) is -0.774. The molecule has 0 aromatic heterocycles. The molecule has 0 aromatic carbocycles. The molecule has 20 heavy (non-hydrogen) atoms. The first-order valence-electron chi connectivity index (χ1n) is 7.51. The Labute approximate surface area is 118 Å². The first kappa shape index (κ1) is 13.4. The summed E-state index contributed by atoms with van der Waals surface area (Å²) in [4.78, 5) is 39.2. The van der Waals surface area contributed by atoms with Crippen molar-refractivity contribution in [2.75, 3.05) is 13.1 Å². The van der Waals surface area contributed by atoms with E-state index in [2.05, 4.69) is 5.32 Å². The molecule has 0 spiro atoms. The molecule has 2 atom stereocenters. The fraction of sp³-hybridized carbons (Fsp3) is 0.786. The Kier molecular flexibility index (Phi) is 3.40. The van der Waals surface area contributed by atoms with Crippen molar-refractivity contribution in [2.24, 2.45) is 5.92 Å². The molecule has 110 valence electrons. The average molecular weight is 279 g/mol. The number of nitrogens with zero attached hydrogens (tertiary/aromatic N) is 2. The van der Waals surface area contributed by atoms with Gasteiger partial charge in [0.1, 0.15) is 6.04 Å². The van der Waals surface area contributed by atoms with Crippen LogP contribution in [0.25, 0.3) is 0 Å². The molecular weight excluding hydrogens is 258 g/mol. The highest BCUT2D eigenvalue weighted by Gasteiger charge is 2.45. The van der Waals surface area contributed by atoms with Gasteiger partial charge in [0.05, 0.1) is 6.04 Å². The van der Waals surface area contributed by atoms with Crippen molar-refractivity contribution in [3.63, 3.8) is 0 Å². The van der Waals surface area contributed by atoms with Crippen molar-refractivity contribution in [2.45, 2.75) is 51.1 Å². The molecule has 3 fully saturated rings. The third-order valence-electron chi connectivity index (χ3n) is 4.50. The molecule has 0 aromatic rings. The maximum atomic E-state index is 12.4. The average Bonchev–Trinajstić information content (AvgIpc) is 3.04. The van der Waals surface area contributed by atoms with Gasteiger partial charge in [-0.1, -0.05) is 19.8 Å². The smallest absolute Gasteiger partial charge is 0.325 e. The van der Waals surface area contributed by atoms with Crippen LogP contribution in [0.2, 0.25) is 0 Å². The molecule has 1 N–H and O–H groups in total. The number of carbonyl (C=O) groups excluding carboxylic acids is 3. The zero-order valence-electron chi connectivity index (χ0n) is 11.8. The van der Waals surface area contributed by atoms with E-state index in [1.807, 2.05) is 6.92 Å². The van der Waals surface area contributed by atoms with E-state index in [-0.39, 0.29) is 29.9 Å². The number of amides is 4. The van der Waals surface area contributed by atoms with Gasteiger partial charge in [0.25, 0.3) is 5.91 Å². The zero-order chi connectivity index (χ0) is 14.3. The topological polar surface area (TPSA) is 69.7 Å². The Hall–Kier alpha value is -1.59. The van der Waals surface area contributed by atoms with Crippen LogP contribution in [-0.2, 0) is 9.59 Å². The third kappa shape index (κ3) is 2.39. The summed E-state index contributed by atoms with van der Waals surface area (Å²) >= 11 is 0. The van der Waals surface area contributed by atoms with Crippen molar-refractivity contribution < 1.29 is 14.4 Å². The van der Waals surface area contributed by atoms with E-state index in [0.717, 1.165) is 6.42 Å². The minimum Gasteiger partial charge on any atom is -0.341 e. The molecule has 2 unspecified atom stereocenters. The number of rotatable bonds is 4. The van der Waals surface area contributed by atoms with Crippen LogP contribution in [0.15, 0.2) is 0 Å². The Morgan fingerprint density at radius 3 is 2.70 bits per heavy atom. The van der Waals surface area contributed by atoms with Crippen LogP contribution < -0.4 is 5.32 Å². The summed E-state index contributed by atoms with van der Waals surface area (Å²) in [6.45, 7) is 2.96. The summed E-state index contributed by atoms with van der Waals surface area (Å²) in [5, 5.41) is 2.79. The fourth-order valence-electron chi connectivity index (χ4n) is 3.14. The van der Waals surface area contributed by atoms with E-state index in [4.69, 9.17) is 0 Å². The van der Waals surface area contributed by atoms with E-state index in [9.17, 15) is 14.4 Å². The highest BCUT2D eigenvalue weighted by Crippen LogP contribution is 2.35. The molecule has 0 radical (unpaired) electrons. The highest BCUT2D eigenvalue weighted by molar-refractivity contribution is 6.04. The molecule has 3 aliphatic rings. The molecule has 0 bridgehead atoms. The number of hydrogen-bond donors (Lipinski definition) is 1. The first-order chi connectivity index (χ1) is 9.60. The molecule has 4 amide bonds. The SMILES string of the molecule is CCC(=O)N1CCC(N2C(=O)NC(CC3CC3)C2=O)C1. The lowest BCUT2D eigenvalue weighted by Gasteiger charge is -2.21. The maximum absolute atomic E-state index is 12.4. The van der Waals surface area contributed by atoms with Gasteiger partial charge in [0.2, 0.25) is 5.91 Å². The Morgan fingerprint density at radius 1 is 1.30 bits per heavy atom. The number of hydrogen-bond acceptors (Lipinski definition) is 3. The van der Waals surface area contributed by atoms with Crippen LogP contribution >= 0.6 is 0 Å². The van der Waals surface area contributed by atoms with Crippen LogP contribution in [0.4, 0.5) is 4.79 Å². The maximum Gasteiger partial charge on any atom is 0.325 e. The van der Waals surface area contributed by atoms with Gasteiger partial charge < -0.3 is 10.2 Å². The lowest BCUT2D eigenvalue weighted by atomic mass is 10.1. The van der Waals surface area contributed by atoms with Crippen molar-refractivity contribution in [3.05, 3.63) is 0 Å². The Balaban J connectivity index is 1.63. The molecule has 3 rings (SSSR count). The van der Waals surface area contributed by atoms with Crippen molar-refractivity contribution >= 4 is 17.8 Å². The molecule has 1 aliphatic carbocycles. The molecular formula is C14H21N3O3. The van der Waals surface area contributed by atoms with Gasteiger partial charge in [-0.05, 0) is 18.8 Å². The normalized spacial score (nSPS) is 30.1. The lowest BCUT2D eigenvalue weighted by Crippen LogP contribution is -2.43. The van der Waals surface area contributed by atoms with Gasteiger partial charge in [-0.15, -0.1) is 0 Å². The number of imide groups is 1. The summed E-state index contributed by atoms with van der Waals surface area (Å²) < 4.78 is 0. The standard InChI is InChI=1S/C14H21N3O3/c1-2-12(18)16-6-5-10(8-16)17-13(19)11(15-14(17)20)7-9-3-4-9/h9-11H,2-8H2,1H3,(H,15,20). The van der Waals surface area contributed by atoms with E-state index >= 15 is 0 Å². The first-order valence-corrected chi connectivity index (χ1v) is 7.51. The molecule has 2 saturated heterocycles. The Bertz CT molecular complexity index is 447. The van der Waals surface area contributed by atoms with Crippen LogP contribution in [-0.4, -0.2) is 52.8 Å². The largest absolute Gasteiger partial charge is 0.341 e. The predicted molar refractivity (Wildman–Crippen MR) is 71.8 cm³/mol. The summed E-state index contributed by atoms with van der Waals surface area (Å²) in [5.74, 6) is 0.595. The minimum absolute atomic E-state index is 0.0917. The summed E-state index contributed by atoms with van der Waals surface area (Å²) in [5.41, 5.74) is 0. The number of carbonyl (C=O) groups is 3. The fourth-order valence-corrected chi connectivity index (χ4v) is 3.14. The van der Waals surface area contributed by atoms with E-state index in [0.29, 0.717) is 31.8 Å². The van der Waals surface area contributed by atoms with Gasteiger partial charge in [0.15, 0.2) is 0 Å². The predicted octanol–water partition coefficient (Wildman–Crippen LogP) is 0.718. The second-order valence-corrected chi connectivity index (χ2v) is 6.03. The number of urea groups is 1. The van der Waals surface area contributed by atoms with Crippen molar-refractivity contribution in [3.8, 4) is 0 Å². The van der Waals surface area contributed by atoms with Crippen molar-refractivity contribution in [1.29, 1.82) is 0 Å². The van der Waals surface area contributed by atoms with Gasteiger partial charge in [0, 0.05) is 19.5 Å². The quantitative estimate of drug-likeness (QED) is 0.771. The van der Waals surface area contributed by atoms with Gasteiger partial charge in [-0.25, -0.2) is 4.79 Å². The van der Waals surface area contributed by atoms with E-state index in [1.165, 1.54) is 17.7 Å². The van der Waals surface area contributed by atoms with Crippen LogP contribution in [0.1, 0.15) is 39.0 Å². The molecule has 6 nitrogen and oxygen atoms in total. The van der Waals surface area contributed by atoms with Gasteiger partial charge in [-0.3, -0.25) is 14.5 Å². The van der Waals surface area contributed by atoms with E-state index < -0.39 is 0 Å². The van der Waals surface area contributed by atoms with Crippen molar-refractivity contribution in [1.82, 2.24) is 15.1 Å². The highest BCUT2D eigenvalue weighted by atomic mass is 16.2. The number of likely N-dealkylation sites (tertiary alicyclic amines) is 1. The molecule has 1 saturated carbocycles. The summed E-state index contributed by atoms with van der Waals surface area (Å²) in [6.07, 6.45) is 4.27. The zero-order valence-corrected chi connectivity index (χ0v) is 11.8. The monoisotopic (exact) mass is 279 g/mol. The summed E-state index contributed by atoms with van der Waals surface area (Å²) in [7, 11) is 0. The molecule has 2 aliphatic heterocycles. The molecule has 2 heterocycles. The van der Waals surface area contributed by atoms with Gasteiger partial charge in [-0.2, -0.15) is 0 Å². The van der Waals surface area contributed by atoms with Crippen LogP contribution in [0.5, 0.6) is 0 Å². The van der Waals surface area contributed by atoms with Crippen LogP contribution in [0.3, 0.4) is 0 Å².